The third-order valence-electron chi connectivity index (χ3n) is 5.49. The number of hydrogen-bond donors (Lipinski definition) is 3. The average molecular weight is 498 g/mol. The van der Waals surface area contributed by atoms with E-state index in [1.54, 1.807) is 24.3 Å². The Morgan fingerprint density at radius 1 is 1.06 bits per heavy atom. The fraction of sp³-hybridized carbons (Fsp3) is 0.292. The fourth-order valence-electron chi connectivity index (χ4n) is 3.80. The zero-order valence-corrected chi connectivity index (χ0v) is 18.4. The third kappa shape index (κ3) is 7.90. The summed E-state index contributed by atoms with van der Waals surface area (Å²) in [6, 6.07) is 8.79. The number of carbonyl (C=O) groups excluding carboxylic acids is 2. The number of anilines is 2. The molecule has 0 aliphatic heterocycles. The van der Waals surface area contributed by atoms with Gasteiger partial charge in [-0.2, -0.15) is 13.2 Å². The second kappa shape index (κ2) is 12.1. The van der Waals surface area contributed by atoms with Crippen molar-refractivity contribution in [1.82, 2.24) is 0 Å². The van der Waals surface area contributed by atoms with E-state index >= 15 is 0 Å². The van der Waals surface area contributed by atoms with Gasteiger partial charge in [-0.15, -0.1) is 0 Å². The molecule has 35 heavy (non-hydrogen) atoms. The molecule has 0 aromatic heterocycles. The summed E-state index contributed by atoms with van der Waals surface area (Å²) < 4.78 is 64.9. The van der Waals surface area contributed by atoms with Crippen molar-refractivity contribution in [2.24, 2.45) is 5.92 Å². The van der Waals surface area contributed by atoms with Gasteiger partial charge in [0.2, 0.25) is 5.91 Å². The molecule has 2 aromatic carbocycles. The second-order valence-electron chi connectivity index (χ2n) is 7.83. The Morgan fingerprint density at radius 3 is 2.23 bits per heavy atom. The molecule has 188 valence electrons. The monoisotopic (exact) mass is 498 g/mol. The van der Waals surface area contributed by atoms with Crippen molar-refractivity contribution in [2.75, 3.05) is 10.6 Å². The third-order valence-corrected chi connectivity index (χ3v) is 5.49. The maximum atomic E-state index is 14.1. The molecule has 3 N–H and O–H groups in total. The van der Waals surface area contributed by atoms with Gasteiger partial charge in [-0.25, -0.2) is 8.78 Å². The van der Waals surface area contributed by atoms with Gasteiger partial charge in [0.1, 0.15) is 5.82 Å². The summed E-state index contributed by atoms with van der Waals surface area (Å²) >= 11 is 0. The van der Waals surface area contributed by atoms with Gasteiger partial charge in [0.25, 0.3) is 12.4 Å². The van der Waals surface area contributed by atoms with Crippen LogP contribution in [0, 0.1) is 11.7 Å². The van der Waals surface area contributed by atoms with Gasteiger partial charge >= 0.3 is 6.18 Å². The van der Waals surface area contributed by atoms with E-state index in [2.05, 4.69) is 17.2 Å². The van der Waals surface area contributed by atoms with E-state index in [0.29, 0.717) is 24.6 Å². The first-order chi connectivity index (χ1) is 16.5. The van der Waals surface area contributed by atoms with E-state index in [1.807, 2.05) is 0 Å². The highest BCUT2D eigenvalue weighted by molar-refractivity contribution is 6.01. The Labute approximate surface area is 197 Å². The smallest absolute Gasteiger partial charge is 0.416 e. The molecule has 0 bridgehead atoms. The van der Waals surface area contributed by atoms with Crippen molar-refractivity contribution in [3.63, 3.8) is 0 Å². The van der Waals surface area contributed by atoms with Crippen LogP contribution in [0.4, 0.5) is 33.3 Å². The Hall–Kier alpha value is -3.76. The lowest BCUT2D eigenvalue weighted by atomic mass is 9.77. The number of amides is 2. The van der Waals surface area contributed by atoms with Crippen LogP contribution in [0.15, 0.2) is 54.9 Å². The van der Waals surface area contributed by atoms with Crippen LogP contribution in [-0.4, -0.2) is 23.4 Å². The highest BCUT2D eigenvalue weighted by atomic mass is 19.4. The van der Waals surface area contributed by atoms with Gasteiger partial charge in [-0.1, -0.05) is 25.1 Å². The minimum absolute atomic E-state index is 0.0397. The SMILES string of the molecule is C=C(F)C(=O)Nc1ccc(C2CCCC(C(=O)Nc3ccc(C(F)(F)F)cc3F)C2)cc1.O=CO. The van der Waals surface area contributed by atoms with Crippen LogP contribution >= 0.6 is 0 Å². The van der Waals surface area contributed by atoms with Gasteiger partial charge < -0.3 is 15.7 Å². The lowest BCUT2D eigenvalue weighted by Gasteiger charge is -2.29. The largest absolute Gasteiger partial charge is 0.483 e. The first-order valence-corrected chi connectivity index (χ1v) is 10.5. The number of alkyl halides is 3. The quantitative estimate of drug-likeness (QED) is 0.273. The Morgan fingerprint density at radius 2 is 1.69 bits per heavy atom. The predicted molar refractivity (Wildman–Crippen MR) is 119 cm³/mol. The molecule has 1 fully saturated rings. The van der Waals surface area contributed by atoms with Crippen molar-refractivity contribution in [2.45, 2.75) is 37.8 Å². The zero-order valence-electron chi connectivity index (χ0n) is 18.4. The van der Waals surface area contributed by atoms with Crippen LogP contribution < -0.4 is 10.6 Å². The molecule has 2 aromatic rings. The standard InChI is InChI=1S/C23H21F5N2O2.CH2O2/c1-13(24)21(31)29-18-8-5-14(6-9-18)15-3-2-4-16(11-15)22(32)30-20-10-7-17(12-19(20)25)23(26,27)28;2-1-3/h5-10,12,15-16H,1-4,11H2,(H,29,31)(H,30,32);1H,(H,2,3). The molecule has 11 heteroatoms. The average Bonchev–Trinajstić information content (AvgIpc) is 2.80. The van der Waals surface area contributed by atoms with Gasteiger partial charge in [0.15, 0.2) is 5.83 Å². The molecule has 1 aliphatic carbocycles. The minimum atomic E-state index is -4.67. The molecule has 6 nitrogen and oxygen atoms in total. The van der Waals surface area contributed by atoms with Crippen LogP contribution in [0.3, 0.4) is 0 Å². The van der Waals surface area contributed by atoms with Crippen LogP contribution in [0.1, 0.15) is 42.7 Å². The normalized spacial score (nSPS) is 17.4. The molecule has 1 saturated carbocycles. The van der Waals surface area contributed by atoms with E-state index in [1.165, 1.54) is 0 Å². The molecule has 0 saturated heterocycles. The number of carbonyl (C=O) groups is 3. The number of halogens is 5. The molecule has 2 unspecified atom stereocenters. The molecule has 2 amide bonds. The van der Waals surface area contributed by atoms with Crippen LogP contribution in [0.25, 0.3) is 0 Å². The van der Waals surface area contributed by atoms with Crippen molar-refractivity contribution in [3.8, 4) is 0 Å². The highest BCUT2D eigenvalue weighted by Crippen LogP contribution is 2.37. The lowest BCUT2D eigenvalue weighted by molar-refractivity contribution is -0.137. The Bertz CT molecular complexity index is 1070. The summed E-state index contributed by atoms with van der Waals surface area (Å²) in [5.41, 5.74) is -0.0819. The van der Waals surface area contributed by atoms with Gasteiger partial charge in [-0.3, -0.25) is 14.4 Å². The second-order valence-corrected chi connectivity index (χ2v) is 7.83. The van der Waals surface area contributed by atoms with Crippen molar-refractivity contribution < 1.29 is 41.4 Å². The molecule has 0 spiro atoms. The lowest BCUT2D eigenvalue weighted by Crippen LogP contribution is -2.28. The maximum absolute atomic E-state index is 14.1. The molecule has 3 rings (SSSR count). The number of carboxylic acid groups (broad SMARTS) is 1. The first kappa shape index (κ1) is 27.5. The molecule has 0 heterocycles. The van der Waals surface area contributed by atoms with Crippen LogP contribution in [-0.2, 0) is 20.6 Å². The summed E-state index contributed by atoms with van der Waals surface area (Å²) in [6.07, 6.45) is -2.03. The summed E-state index contributed by atoms with van der Waals surface area (Å²) in [7, 11) is 0. The topological polar surface area (TPSA) is 95.5 Å². The summed E-state index contributed by atoms with van der Waals surface area (Å²) in [6.45, 7) is 2.68. The molecule has 2 atom stereocenters. The number of benzene rings is 2. The van der Waals surface area contributed by atoms with Gasteiger partial charge in [-0.05, 0) is 61.1 Å². The van der Waals surface area contributed by atoms with Crippen LogP contribution in [0.5, 0.6) is 0 Å². The number of hydrogen-bond acceptors (Lipinski definition) is 3. The molecular weight excluding hydrogens is 475 g/mol. The Balaban J connectivity index is 0.00000137. The Kier molecular flexibility index (Phi) is 9.50. The minimum Gasteiger partial charge on any atom is -0.483 e. The van der Waals surface area contributed by atoms with Crippen molar-refractivity contribution >= 4 is 29.7 Å². The summed E-state index contributed by atoms with van der Waals surface area (Å²) in [5, 5.41) is 11.6. The number of rotatable bonds is 5. The van der Waals surface area contributed by atoms with E-state index in [-0.39, 0.29) is 18.1 Å². The first-order valence-electron chi connectivity index (χ1n) is 10.5. The van der Waals surface area contributed by atoms with E-state index in [9.17, 15) is 31.5 Å². The van der Waals surface area contributed by atoms with Gasteiger partial charge in [0.05, 0.1) is 11.3 Å². The molecule has 1 aliphatic rings. The van der Waals surface area contributed by atoms with Gasteiger partial charge in [0, 0.05) is 11.6 Å². The van der Waals surface area contributed by atoms with Crippen molar-refractivity contribution in [3.05, 3.63) is 71.8 Å². The van der Waals surface area contributed by atoms with Crippen molar-refractivity contribution in [1.29, 1.82) is 0 Å². The molecule has 0 radical (unpaired) electrons. The number of nitrogens with one attached hydrogen (secondary N) is 2. The summed E-state index contributed by atoms with van der Waals surface area (Å²) in [5.74, 6) is -4.00. The predicted octanol–water partition coefficient (Wildman–Crippen LogP) is 5.88. The summed E-state index contributed by atoms with van der Waals surface area (Å²) in [4.78, 5) is 32.3. The van der Waals surface area contributed by atoms with E-state index in [0.717, 1.165) is 30.5 Å². The zero-order chi connectivity index (χ0) is 26.2. The fourth-order valence-corrected chi connectivity index (χ4v) is 3.80. The highest BCUT2D eigenvalue weighted by Gasteiger charge is 2.32. The maximum Gasteiger partial charge on any atom is 0.416 e. The molecular formula is C24H23F5N2O4. The van der Waals surface area contributed by atoms with Crippen LogP contribution in [0.2, 0.25) is 0 Å². The van der Waals surface area contributed by atoms with E-state index < -0.39 is 41.1 Å². The van der Waals surface area contributed by atoms with E-state index in [4.69, 9.17) is 9.90 Å².